The van der Waals surface area contributed by atoms with Gasteiger partial charge in [-0.15, -0.1) is 0 Å². The molecule has 0 radical (unpaired) electrons. The van der Waals surface area contributed by atoms with Gasteiger partial charge in [-0.1, -0.05) is 61.9 Å². The third kappa shape index (κ3) is 4.88. The highest BCUT2D eigenvalue weighted by Gasteiger charge is 2.62. The zero-order valence-corrected chi connectivity index (χ0v) is 23.9. The maximum Gasteiger partial charge on any atom is 0.338 e. The number of rotatable bonds is 9. The quantitative estimate of drug-likeness (QED) is 0.226. The van der Waals surface area contributed by atoms with Crippen molar-refractivity contribution >= 4 is 35.3 Å². The fourth-order valence-electron chi connectivity index (χ4n) is 6.72. The second-order valence-corrected chi connectivity index (χ2v) is 11.2. The molecule has 0 aromatic heterocycles. The lowest BCUT2D eigenvalue weighted by atomic mass is 9.55. The molecule has 3 aromatic rings. The fourth-order valence-corrected chi connectivity index (χ4v) is 6.72. The number of nitrogens with one attached hydrogen (secondary N) is 1. The van der Waals surface area contributed by atoms with E-state index in [1.807, 2.05) is 55.5 Å². The molecule has 2 bridgehead atoms. The predicted octanol–water partition coefficient (Wildman–Crippen LogP) is 4.41. The van der Waals surface area contributed by atoms with Gasteiger partial charge in [0.1, 0.15) is 6.04 Å². The second kappa shape index (κ2) is 11.5. The normalized spacial score (nSPS) is 21.9. The maximum atomic E-state index is 13.8. The molecule has 220 valence electrons. The third-order valence-electron chi connectivity index (χ3n) is 8.69. The Kier molecular flexibility index (Phi) is 7.56. The zero-order chi connectivity index (χ0) is 30.2. The van der Waals surface area contributed by atoms with Crippen LogP contribution < -0.4 is 5.32 Å². The molecule has 0 saturated carbocycles. The molecule has 43 heavy (non-hydrogen) atoms. The number of hydrogen-bond acceptors (Lipinski definition) is 7. The molecular weight excluding hydrogens is 548 g/mol. The number of unbranched alkanes of at least 4 members (excludes halogenated alkanes) is 1. The van der Waals surface area contributed by atoms with Gasteiger partial charge in [0, 0.05) is 17.5 Å². The summed E-state index contributed by atoms with van der Waals surface area (Å²) in [4.78, 5) is 66.3. The van der Waals surface area contributed by atoms with Crippen molar-refractivity contribution in [2.75, 3.05) is 18.5 Å². The highest BCUT2D eigenvalue weighted by molar-refractivity contribution is 6.10. The van der Waals surface area contributed by atoms with Crippen LogP contribution in [0.5, 0.6) is 0 Å². The maximum absolute atomic E-state index is 13.8. The first-order valence-electron chi connectivity index (χ1n) is 14.6. The number of anilines is 1. The van der Waals surface area contributed by atoms with E-state index >= 15 is 0 Å². The number of carbonyl (C=O) groups is 5. The van der Waals surface area contributed by atoms with Gasteiger partial charge in [0.05, 0.1) is 24.0 Å². The largest absolute Gasteiger partial charge is 0.462 e. The Bertz CT molecular complexity index is 1500. The molecule has 0 unspecified atom stereocenters. The summed E-state index contributed by atoms with van der Waals surface area (Å²) in [6.07, 6.45) is 1.69. The van der Waals surface area contributed by atoms with Crippen molar-refractivity contribution in [1.82, 2.24) is 4.90 Å². The Hall–Kier alpha value is -4.79. The van der Waals surface area contributed by atoms with E-state index < -0.39 is 54.1 Å². The summed E-state index contributed by atoms with van der Waals surface area (Å²) in [7, 11) is 0. The van der Waals surface area contributed by atoms with Crippen molar-refractivity contribution in [3.8, 4) is 0 Å². The molecule has 1 heterocycles. The number of amides is 3. The number of hydrogen-bond donors (Lipinski definition) is 1. The van der Waals surface area contributed by atoms with Crippen molar-refractivity contribution < 1.29 is 33.4 Å². The van der Waals surface area contributed by atoms with E-state index in [1.165, 1.54) is 19.1 Å². The van der Waals surface area contributed by atoms with Gasteiger partial charge >= 0.3 is 11.9 Å². The van der Waals surface area contributed by atoms with Gasteiger partial charge in [-0.05, 0) is 59.9 Å². The fraction of sp³-hybridized carbons (Fsp3) is 0.324. The number of ether oxygens (including phenoxy) is 2. The first-order chi connectivity index (χ1) is 20.8. The molecule has 9 heteroatoms. The van der Waals surface area contributed by atoms with Crippen LogP contribution in [0, 0.1) is 11.8 Å². The predicted molar refractivity (Wildman–Crippen MR) is 156 cm³/mol. The molecular formula is C34H32N2O7. The molecule has 0 spiro atoms. The Labute approximate surface area is 249 Å². The number of carbonyl (C=O) groups excluding carboxylic acids is 5. The number of likely N-dealkylation sites (tertiary alicyclic amines) is 1. The van der Waals surface area contributed by atoms with Crippen LogP contribution in [-0.2, 0) is 28.7 Å². The smallest absolute Gasteiger partial charge is 0.338 e. The minimum absolute atomic E-state index is 0.276. The summed E-state index contributed by atoms with van der Waals surface area (Å²) in [6.45, 7) is 3.20. The highest BCUT2D eigenvalue weighted by atomic mass is 16.5. The number of benzene rings is 3. The van der Waals surface area contributed by atoms with Gasteiger partial charge in [-0.25, -0.2) is 9.59 Å². The van der Waals surface area contributed by atoms with Crippen LogP contribution in [0.3, 0.4) is 0 Å². The molecule has 3 atom stereocenters. The molecule has 4 aliphatic rings. The van der Waals surface area contributed by atoms with E-state index in [9.17, 15) is 24.0 Å². The molecule has 1 aliphatic heterocycles. The van der Waals surface area contributed by atoms with Crippen LogP contribution in [-0.4, -0.2) is 53.8 Å². The standard InChI is InChI=1S/C34H32N2O7/c1-3-4-17-42-34(41)20-13-15-21(16-14-20)35-26(37)18-43-33(40)19(2)36-31(38)29-27-22-9-5-6-10-23(22)28(30(29)32(36)39)25-12-8-7-11-24(25)27/h5-16,19,27-30H,3-4,17-18H2,1-2H3,(H,35,37)/t19-,27?,28?,29-,30+/m1/s1. The van der Waals surface area contributed by atoms with Crippen LogP contribution in [0.1, 0.15) is 71.1 Å². The van der Waals surface area contributed by atoms with Crippen molar-refractivity contribution in [1.29, 1.82) is 0 Å². The lowest BCUT2D eigenvalue weighted by Gasteiger charge is -2.45. The molecule has 1 saturated heterocycles. The Balaban J connectivity index is 1.10. The van der Waals surface area contributed by atoms with E-state index in [0.717, 1.165) is 40.0 Å². The summed E-state index contributed by atoms with van der Waals surface area (Å²) < 4.78 is 10.4. The molecule has 3 aromatic carbocycles. The topological polar surface area (TPSA) is 119 Å². The van der Waals surface area contributed by atoms with Crippen molar-refractivity contribution in [3.63, 3.8) is 0 Å². The molecule has 9 nitrogen and oxygen atoms in total. The first kappa shape index (κ1) is 28.3. The Morgan fingerprint density at radius 3 is 1.79 bits per heavy atom. The van der Waals surface area contributed by atoms with E-state index in [1.54, 1.807) is 12.1 Å². The minimum Gasteiger partial charge on any atom is -0.462 e. The summed E-state index contributed by atoms with van der Waals surface area (Å²) in [6, 6.07) is 20.8. The SMILES string of the molecule is CCCCOC(=O)c1ccc(NC(=O)COC(=O)[C@@H](C)N2C(=O)[C@@H]3C4c5ccccc5C(c5ccccc54)[C@@H]3C2=O)cc1. The molecule has 1 fully saturated rings. The minimum atomic E-state index is -1.19. The zero-order valence-electron chi connectivity index (χ0n) is 23.9. The lowest BCUT2D eigenvalue weighted by Crippen LogP contribution is -2.45. The van der Waals surface area contributed by atoms with Crippen molar-refractivity contribution in [2.45, 2.75) is 44.6 Å². The summed E-state index contributed by atoms with van der Waals surface area (Å²) in [5, 5.41) is 2.61. The Morgan fingerprint density at radius 2 is 1.30 bits per heavy atom. The van der Waals surface area contributed by atoms with Crippen molar-refractivity contribution in [2.24, 2.45) is 11.8 Å². The third-order valence-corrected chi connectivity index (χ3v) is 8.69. The van der Waals surface area contributed by atoms with Gasteiger partial charge in [0.2, 0.25) is 11.8 Å². The molecule has 7 rings (SSSR count). The van der Waals surface area contributed by atoms with Crippen molar-refractivity contribution in [3.05, 3.63) is 101 Å². The van der Waals surface area contributed by atoms with Crippen LogP contribution in [0.15, 0.2) is 72.8 Å². The first-order valence-corrected chi connectivity index (χ1v) is 14.6. The van der Waals surface area contributed by atoms with Gasteiger partial charge in [-0.2, -0.15) is 0 Å². The van der Waals surface area contributed by atoms with E-state index in [-0.39, 0.29) is 11.8 Å². The van der Waals surface area contributed by atoms with Gasteiger partial charge in [0.25, 0.3) is 5.91 Å². The number of esters is 2. The monoisotopic (exact) mass is 580 g/mol. The van der Waals surface area contributed by atoms with Crippen LogP contribution in [0.4, 0.5) is 5.69 Å². The van der Waals surface area contributed by atoms with Crippen LogP contribution >= 0.6 is 0 Å². The Morgan fingerprint density at radius 1 is 0.791 bits per heavy atom. The average Bonchev–Trinajstić information content (AvgIpc) is 3.29. The van der Waals surface area contributed by atoms with Gasteiger partial charge in [0.15, 0.2) is 6.61 Å². The van der Waals surface area contributed by atoms with E-state index in [4.69, 9.17) is 9.47 Å². The van der Waals surface area contributed by atoms with Gasteiger partial charge < -0.3 is 14.8 Å². The highest BCUT2D eigenvalue weighted by Crippen LogP contribution is 2.61. The second-order valence-electron chi connectivity index (χ2n) is 11.2. The molecule has 3 amide bonds. The molecule has 3 aliphatic carbocycles. The summed E-state index contributed by atoms with van der Waals surface area (Å²) in [5.74, 6) is -4.43. The van der Waals surface area contributed by atoms with Crippen LogP contribution in [0.2, 0.25) is 0 Å². The summed E-state index contributed by atoms with van der Waals surface area (Å²) in [5.41, 5.74) is 4.94. The van der Waals surface area contributed by atoms with Gasteiger partial charge in [-0.3, -0.25) is 19.3 Å². The van der Waals surface area contributed by atoms with E-state index in [0.29, 0.717) is 17.9 Å². The molecule has 1 N–H and O–H groups in total. The summed E-state index contributed by atoms with van der Waals surface area (Å²) >= 11 is 0. The van der Waals surface area contributed by atoms with Crippen LogP contribution in [0.25, 0.3) is 0 Å². The number of imide groups is 1. The average molecular weight is 581 g/mol. The lowest BCUT2D eigenvalue weighted by molar-refractivity contribution is -0.159. The van der Waals surface area contributed by atoms with E-state index in [2.05, 4.69) is 5.32 Å². The number of nitrogens with zero attached hydrogens (tertiary/aromatic N) is 1.